The lowest BCUT2D eigenvalue weighted by molar-refractivity contribution is 0.830. The van der Waals surface area contributed by atoms with E-state index in [0.29, 0.717) is 0 Å². The average molecular weight is 150 g/mol. The fourth-order valence-electron chi connectivity index (χ4n) is 0.485. The molecule has 0 fully saturated rings. The minimum atomic E-state index is 0.853. The largest absolute Gasteiger partial charge is 0.319 e. The summed E-state index contributed by atoms with van der Waals surface area (Å²) in [6.07, 6.45) is 9.58. The van der Waals surface area contributed by atoms with Crippen molar-refractivity contribution in [2.45, 2.75) is 13.3 Å². The van der Waals surface area contributed by atoms with Crippen LogP contribution in [0.2, 0.25) is 0 Å². The maximum absolute atomic E-state index is 5.11. The summed E-state index contributed by atoms with van der Waals surface area (Å²) in [5.41, 5.74) is 0.853. The molecule has 0 aromatic rings. The molecule has 0 aromatic carbocycles. The van der Waals surface area contributed by atoms with Crippen molar-refractivity contribution in [3.05, 3.63) is 11.8 Å². The summed E-state index contributed by atoms with van der Waals surface area (Å²) in [4.78, 5) is 4.01. The van der Waals surface area contributed by atoms with Crippen LogP contribution in [0.3, 0.4) is 0 Å². The number of terminal acetylenes is 1. The van der Waals surface area contributed by atoms with E-state index in [9.17, 15) is 0 Å². The van der Waals surface area contributed by atoms with Crippen LogP contribution in [0.15, 0.2) is 16.8 Å². The first-order chi connectivity index (χ1) is 5.31. The molecule has 0 spiro atoms. The second kappa shape index (κ2) is 7.04. The van der Waals surface area contributed by atoms with Crippen molar-refractivity contribution in [1.82, 2.24) is 5.32 Å². The Bertz CT molecular complexity index is 184. The molecule has 0 aliphatic rings. The van der Waals surface area contributed by atoms with Crippen LogP contribution in [0.4, 0.5) is 0 Å². The molecule has 1 N–H and O–H groups in total. The molecule has 0 saturated heterocycles. The van der Waals surface area contributed by atoms with Crippen molar-refractivity contribution in [3.63, 3.8) is 0 Å². The third kappa shape index (κ3) is 6.82. The molecule has 0 atom stereocenters. The van der Waals surface area contributed by atoms with Gasteiger partial charge in [0, 0.05) is 18.0 Å². The van der Waals surface area contributed by atoms with Crippen LogP contribution in [0.1, 0.15) is 13.3 Å². The van der Waals surface area contributed by atoms with E-state index >= 15 is 0 Å². The van der Waals surface area contributed by atoms with Crippen molar-refractivity contribution < 1.29 is 0 Å². The maximum atomic E-state index is 5.11. The smallest absolute Gasteiger partial charge is 0.0376 e. The molecule has 0 bridgehead atoms. The Balaban J connectivity index is 3.53. The second-order valence-electron chi connectivity index (χ2n) is 2.18. The molecule has 0 heterocycles. The molecular weight excluding hydrogens is 136 g/mol. The summed E-state index contributed by atoms with van der Waals surface area (Å²) >= 11 is 0. The Morgan fingerprint density at radius 1 is 1.73 bits per heavy atom. The second-order valence-corrected chi connectivity index (χ2v) is 2.18. The highest BCUT2D eigenvalue weighted by molar-refractivity contribution is 5.58. The van der Waals surface area contributed by atoms with E-state index in [0.717, 1.165) is 18.5 Å². The SMILES string of the molecule is C#C/C(C)=C\N=CCCNC. The van der Waals surface area contributed by atoms with E-state index in [1.807, 2.05) is 20.2 Å². The summed E-state index contributed by atoms with van der Waals surface area (Å²) in [7, 11) is 1.91. The fourth-order valence-corrected chi connectivity index (χ4v) is 0.485. The maximum Gasteiger partial charge on any atom is 0.0376 e. The number of rotatable bonds is 4. The first kappa shape index (κ1) is 9.93. The van der Waals surface area contributed by atoms with Crippen LogP contribution in [-0.4, -0.2) is 19.8 Å². The predicted molar refractivity (Wildman–Crippen MR) is 49.6 cm³/mol. The third-order valence-electron chi connectivity index (χ3n) is 1.12. The molecule has 0 aliphatic carbocycles. The van der Waals surface area contributed by atoms with Gasteiger partial charge in [-0.3, -0.25) is 4.99 Å². The van der Waals surface area contributed by atoms with Gasteiger partial charge in [0.15, 0.2) is 0 Å². The summed E-state index contributed by atoms with van der Waals surface area (Å²) in [5.74, 6) is 2.49. The number of aliphatic imine (C=N–C) groups is 1. The lowest BCUT2D eigenvalue weighted by Crippen LogP contribution is -2.07. The molecule has 60 valence electrons. The van der Waals surface area contributed by atoms with Crippen LogP contribution in [0, 0.1) is 12.3 Å². The van der Waals surface area contributed by atoms with Gasteiger partial charge < -0.3 is 5.32 Å². The van der Waals surface area contributed by atoms with Crippen LogP contribution in [0.5, 0.6) is 0 Å². The van der Waals surface area contributed by atoms with Crippen molar-refractivity contribution >= 4 is 6.21 Å². The highest BCUT2D eigenvalue weighted by atomic mass is 14.8. The van der Waals surface area contributed by atoms with Gasteiger partial charge in [0.2, 0.25) is 0 Å². The van der Waals surface area contributed by atoms with Gasteiger partial charge in [-0.2, -0.15) is 0 Å². The molecule has 0 aromatic heterocycles. The number of nitrogens with zero attached hydrogens (tertiary/aromatic N) is 1. The first-order valence-electron chi connectivity index (χ1n) is 3.61. The monoisotopic (exact) mass is 150 g/mol. The zero-order valence-electron chi connectivity index (χ0n) is 7.09. The van der Waals surface area contributed by atoms with Gasteiger partial charge in [-0.1, -0.05) is 5.92 Å². The zero-order chi connectivity index (χ0) is 8.53. The predicted octanol–water partition coefficient (Wildman–Crippen LogP) is 1.20. The minimum absolute atomic E-state index is 0.853. The Labute approximate surface area is 68.4 Å². The molecule has 11 heavy (non-hydrogen) atoms. The number of hydrogen-bond donors (Lipinski definition) is 1. The van der Waals surface area contributed by atoms with Gasteiger partial charge in [0.1, 0.15) is 0 Å². The fraction of sp³-hybridized carbons (Fsp3) is 0.444. The van der Waals surface area contributed by atoms with Gasteiger partial charge in [-0.15, -0.1) is 6.42 Å². The summed E-state index contributed by atoms with van der Waals surface area (Å²) in [5, 5.41) is 3.02. The van der Waals surface area contributed by atoms with Crippen molar-refractivity contribution in [2.24, 2.45) is 4.99 Å². The van der Waals surface area contributed by atoms with Crippen LogP contribution in [0.25, 0.3) is 0 Å². The Morgan fingerprint density at radius 2 is 2.45 bits per heavy atom. The van der Waals surface area contributed by atoms with Gasteiger partial charge in [-0.25, -0.2) is 0 Å². The average Bonchev–Trinajstić information content (AvgIpc) is 2.04. The van der Waals surface area contributed by atoms with Crippen LogP contribution in [-0.2, 0) is 0 Å². The topological polar surface area (TPSA) is 24.4 Å². The number of nitrogens with one attached hydrogen (secondary N) is 1. The minimum Gasteiger partial charge on any atom is -0.319 e. The van der Waals surface area contributed by atoms with Gasteiger partial charge >= 0.3 is 0 Å². The molecule has 0 aliphatic heterocycles. The normalized spacial score (nSPS) is 11.9. The Morgan fingerprint density at radius 3 is 3.00 bits per heavy atom. The van der Waals surface area contributed by atoms with Gasteiger partial charge in [-0.05, 0) is 26.9 Å². The Kier molecular flexibility index (Phi) is 6.36. The first-order valence-corrected chi connectivity index (χ1v) is 3.61. The molecule has 0 rings (SSSR count). The van der Waals surface area contributed by atoms with Gasteiger partial charge in [0.25, 0.3) is 0 Å². The number of allylic oxidation sites excluding steroid dienone is 1. The zero-order valence-corrected chi connectivity index (χ0v) is 7.09. The summed E-state index contributed by atoms with van der Waals surface area (Å²) in [6, 6.07) is 0. The van der Waals surface area contributed by atoms with E-state index in [1.54, 1.807) is 6.20 Å². The van der Waals surface area contributed by atoms with E-state index in [2.05, 4.69) is 16.2 Å². The summed E-state index contributed by atoms with van der Waals surface area (Å²) in [6.45, 7) is 2.81. The van der Waals surface area contributed by atoms with E-state index in [1.165, 1.54) is 0 Å². The molecule has 0 amide bonds. The molecule has 2 heteroatoms. The molecular formula is C9H14N2. The van der Waals surface area contributed by atoms with Crippen LogP contribution < -0.4 is 5.32 Å². The number of hydrogen-bond acceptors (Lipinski definition) is 2. The van der Waals surface area contributed by atoms with Crippen molar-refractivity contribution in [2.75, 3.05) is 13.6 Å². The molecule has 0 radical (unpaired) electrons. The summed E-state index contributed by atoms with van der Waals surface area (Å²) < 4.78 is 0. The van der Waals surface area contributed by atoms with Crippen LogP contribution >= 0.6 is 0 Å². The lowest BCUT2D eigenvalue weighted by atomic mass is 10.3. The van der Waals surface area contributed by atoms with E-state index < -0.39 is 0 Å². The highest BCUT2D eigenvalue weighted by Gasteiger charge is 1.77. The van der Waals surface area contributed by atoms with E-state index in [-0.39, 0.29) is 0 Å². The lowest BCUT2D eigenvalue weighted by Gasteiger charge is -1.88. The molecule has 0 unspecified atom stereocenters. The Hall–Kier alpha value is -1.07. The third-order valence-corrected chi connectivity index (χ3v) is 1.12. The van der Waals surface area contributed by atoms with E-state index in [4.69, 9.17) is 6.42 Å². The quantitative estimate of drug-likeness (QED) is 0.363. The molecule has 2 nitrogen and oxygen atoms in total. The standard InChI is InChI=1S/C9H14N2/c1-4-9(2)8-11-7-5-6-10-3/h1,7-8,10H,5-6H2,2-3H3/b9-8-,11-7?. The highest BCUT2D eigenvalue weighted by Crippen LogP contribution is 1.87. The molecule has 0 saturated carbocycles. The van der Waals surface area contributed by atoms with Crippen molar-refractivity contribution in [1.29, 1.82) is 0 Å². The van der Waals surface area contributed by atoms with Crippen molar-refractivity contribution in [3.8, 4) is 12.3 Å². The van der Waals surface area contributed by atoms with Gasteiger partial charge in [0.05, 0.1) is 0 Å².